The predicted octanol–water partition coefficient (Wildman–Crippen LogP) is 3.33. The number of nitrogens with two attached hydrogens (primary N) is 1. The van der Waals surface area contributed by atoms with Crippen molar-refractivity contribution in [3.05, 3.63) is 65.7 Å². The molecule has 3 heteroatoms. The summed E-state index contributed by atoms with van der Waals surface area (Å²) in [7, 11) is 0. The third-order valence-electron chi connectivity index (χ3n) is 2.98. The highest BCUT2D eigenvalue weighted by Gasteiger charge is 2.12. The minimum atomic E-state index is -0.539. The average molecular weight is 240 g/mol. The van der Waals surface area contributed by atoms with Crippen molar-refractivity contribution >= 4 is 11.7 Å². The molecule has 0 aliphatic rings. The van der Waals surface area contributed by atoms with Gasteiger partial charge in [-0.05, 0) is 17.2 Å². The lowest BCUT2D eigenvalue weighted by Crippen LogP contribution is -2.20. The average Bonchev–Trinajstić information content (AvgIpc) is 2.39. The van der Waals surface area contributed by atoms with Gasteiger partial charge in [-0.1, -0.05) is 55.5 Å². The van der Waals surface area contributed by atoms with Gasteiger partial charge < -0.3 is 11.1 Å². The highest BCUT2D eigenvalue weighted by Crippen LogP contribution is 2.29. The van der Waals surface area contributed by atoms with Crippen molar-refractivity contribution in [2.45, 2.75) is 12.8 Å². The molecule has 2 rings (SSSR count). The minimum Gasteiger partial charge on any atom is -0.351 e. The number of benzene rings is 2. The zero-order chi connectivity index (χ0) is 13.0. The summed E-state index contributed by atoms with van der Waals surface area (Å²) in [4.78, 5) is 11.0. The second kappa shape index (κ2) is 5.36. The van der Waals surface area contributed by atoms with E-state index in [9.17, 15) is 4.79 Å². The Kier molecular flexibility index (Phi) is 3.63. The SMILES string of the molecule is CC(c1ccccc1)c1ccccc1NC(N)=O. The number of urea groups is 1. The van der Waals surface area contributed by atoms with E-state index >= 15 is 0 Å². The maximum Gasteiger partial charge on any atom is 0.316 e. The van der Waals surface area contributed by atoms with Crippen LogP contribution in [-0.2, 0) is 0 Å². The number of para-hydroxylation sites is 1. The Hall–Kier alpha value is -2.29. The molecule has 2 aromatic rings. The number of hydrogen-bond donors (Lipinski definition) is 2. The zero-order valence-corrected chi connectivity index (χ0v) is 10.3. The fraction of sp³-hybridized carbons (Fsp3) is 0.133. The molecule has 0 bridgehead atoms. The zero-order valence-electron chi connectivity index (χ0n) is 10.3. The smallest absolute Gasteiger partial charge is 0.316 e. The number of nitrogens with one attached hydrogen (secondary N) is 1. The Morgan fingerprint density at radius 1 is 1.06 bits per heavy atom. The largest absolute Gasteiger partial charge is 0.351 e. The van der Waals surface area contributed by atoms with E-state index in [0.29, 0.717) is 0 Å². The van der Waals surface area contributed by atoms with Crippen LogP contribution in [0.2, 0.25) is 0 Å². The van der Waals surface area contributed by atoms with Crippen LogP contribution in [0.5, 0.6) is 0 Å². The second-order valence-corrected chi connectivity index (χ2v) is 4.21. The fourth-order valence-electron chi connectivity index (χ4n) is 2.04. The fourth-order valence-corrected chi connectivity index (χ4v) is 2.04. The Morgan fingerprint density at radius 3 is 2.33 bits per heavy atom. The highest BCUT2D eigenvalue weighted by atomic mass is 16.2. The second-order valence-electron chi connectivity index (χ2n) is 4.21. The molecule has 0 aromatic heterocycles. The van der Waals surface area contributed by atoms with Crippen molar-refractivity contribution in [2.75, 3.05) is 5.32 Å². The quantitative estimate of drug-likeness (QED) is 0.849. The summed E-state index contributed by atoms with van der Waals surface area (Å²) in [5.74, 6) is 0.203. The number of primary amides is 1. The third kappa shape index (κ3) is 2.69. The van der Waals surface area contributed by atoms with Crippen LogP contribution in [0.1, 0.15) is 24.0 Å². The molecule has 0 saturated carbocycles. The van der Waals surface area contributed by atoms with E-state index in [0.717, 1.165) is 11.3 Å². The molecule has 1 atom stereocenters. The van der Waals surface area contributed by atoms with Crippen LogP contribution in [0.25, 0.3) is 0 Å². The van der Waals surface area contributed by atoms with Crippen LogP contribution < -0.4 is 11.1 Å². The molecule has 3 N–H and O–H groups in total. The summed E-state index contributed by atoms with van der Waals surface area (Å²) >= 11 is 0. The number of carbonyl (C=O) groups is 1. The van der Waals surface area contributed by atoms with Gasteiger partial charge in [0, 0.05) is 11.6 Å². The van der Waals surface area contributed by atoms with Crippen molar-refractivity contribution in [1.29, 1.82) is 0 Å². The van der Waals surface area contributed by atoms with Crippen LogP contribution in [0.4, 0.5) is 10.5 Å². The van der Waals surface area contributed by atoms with Gasteiger partial charge in [-0.15, -0.1) is 0 Å². The predicted molar refractivity (Wildman–Crippen MR) is 73.6 cm³/mol. The lowest BCUT2D eigenvalue weighted by molar-refractivity contribution is 0.259. The first-order chi connectivity index (χ1) is 8.68. The topological polar surface area (TPSA) is 55.1 Å². The van der Waals surface area contributed by atoms with Crippen molar-refractivity contribution < 1.29 is 4.79 Å². The molecule has 0 aliphatic heterocycles. The molecule has 0 aliphatic carbocycles. The molecule has 0 saturated heterocycles. The van der Waals surface area contributed by atoms with Gasteiger partial charge >= 0.3 is 6.03 Å². The van der Waals surface area contributed by atoms with Gasteiger partial charge in [0.25, 0.3) is 0 Å². The molecule has 2 aromatic carbocycles. The van der Waals surface area contributed by atoms with Crippen LogP contribution in [0.3, 0.4) is 0 Å². The first-order valence-corrected chi connectivity index (χ1v) is 5.89. The number of rotatable bonds is 3. The monoisotopic (exact) mass is 240 g/mol. The molecule has 0 spiro atoms. The molecule has 0 radical (unpaired) electrons. The van der Waals surface area contributed by atoms with Crippen LogP contribution in [0.15, 0.2) is 54.6 Å². The summed E-state index contributed by atoms with van der Waals surface area (Å²) < 4.78 is 0. The highest BCUT2D eigenvalue weighted by molar-refractivity contribution is 5.88. The van der Waals surface area contributed by atoms with Crippen molar-refractivity contribution in [3.63, 3.8) is 0 Å². The Bertz CT molecular complexity index is 537. The number of hydrogen-bond acceptors (Lipinski definition) is 1. The standard InChI is InChI=1S/C15H16N2O/c1-11(12-7-3-2-4-8-12)13-9-5-6-10-14(13)17-15(16)18/h2-11H,1H3,(H3,16,17,18). The van der Waals surface area contributed by atoms with E-state index in [1.807, 2.05) is 42.5 Å². The van der Waals surface area contributed by atoms with E-state index in [4.69, 9.17) is 5.73 Å². The van der Waals surface area contributed by atoms with E-state index in [-0.39, 0.29) is 5.92 Å². The minimum absolute atomic E-state index is 0.203. The summed E-state index contributed by atoms with van der Waals surface area (Å²) in [6.07, 6.45) is 0. The molecular formula is C15H16N2O. The van der Waals surface area contributed by atoms with Crippen LogP contribution in [0, 0.1) is 0 Å². The molecule has 18 heavy (non-hydrogen) atoms. The van der Waals surface area contributed by atoms with Crippen LogP contribution >= 0.6 is 0 Å². The van der Waals surface area contributed by atoms with E-state index < -0.39 is 6.03 Å². The van der Waals surface area contributed by atoms with E-state index in [1.165, 1.54) is 5.56 Å². The van der Waals surface area contributed by atoms with E-state index in [2.05, 4.69) is 24.4 Å². The lowest BCUT2D eigenvalue weighted by Gasteiger charge is -2.16. The first-order valence-electron chi connectivity index (χ1n) is 5.89. The summed E-state index contributed by atoms with van der Waals surface area (Å²) in [5, 5.41) is 2.66. The number of amides is 2. The third-order valence-corrected chi connectivity index (χ3v) is 2.98. The Morgan fingerprint density at radius 2 is 1.67 bits per heavy atom. The number of anilines is 1. The van der Waals surface area contributed by atoms with Crippen LogP contribution in [-0.4, -0.2) is 6.03 Å². The molecule has 2 amide bonds. The van der Waals surface area contributed by atoms with Gasteiger partial charge in [-0.25, -0.2) is 4.79 Å². The molecule has 92 valence electrons. The Balaban J connectivity index is 2.36. The molecule has 1 unspecified atom stereocenters. The lowest BCUT2D eigenvalue weighted by atomic mass is 9.92. The molecule has 3 nitrogen and oxygen atoms in total. The first kappa shape index (κ1) is 12.2. The van der Waals surface area contributed by atoms with E-state index in [1.54, 1.807) is 0 Å². The normalized spacial score (nSPS) is 11.8. The Labute approximate surface area is 107 Å². The summed E-state index contributed by atoms with van der Waals surface area (Å²) in [6.45, 7) is 2.11. The maximum atomic E-state index is 11.0. The summed E-state index contributed by atoms with van der Waals surface area (Å²) in [5.41, 5.74) is 8.21. The van der Waals surface area contributed by atoms with Crippen molar-refractivity contribution in [1.82, 2.24) is 0 Å². The molecular weight excluding hydrogens is 224 g/mol. The van der Waals surface area contributed by atoms with Crippen molar-refractivity contribution in [3.8, 4) is 0 Å². The van der Waals surface area contributed by atoms with Gasteiger partial charge in [0.2, 0.25) is 0 Å². The molecule has 0 heterocycles. The summed E-state index contributed by atoms with van der Waals surface area (Å²) in [6, 6.07) is 17.3. The van der Waals surface area contributed by atoms with Gasteiger partial charge in [0.05, 0.1) is 0 Å². The molecule has 0 fully saturated rings. The van der Waals surface area contributed by atoms with Gasteiger partial charge in [0.15, 0.2) is 0 Å². The maximum absolute atomic E-state index is 11.0. The van der Waals surface area contributed by atoms with Gasteiger partial charge in [-0.3, -0.25) is 0 Å². The van der Waals surface area contributed by atoms with Crippen molar-refractivity contribution in [2.24, 2.45) is 5.73 Å². The van der Waals surface area contributed by atoms with Gasteiger partial charge in [-0.2, -0.15) is 0 Å². The van der Waals surface area contributed by atoms with Gasteiger partial charge in [0.1, 0.15) is 0 Å². The number of carbonyl (C=O) groups excluding carboxylic acids is 1.